The van der Waals surface area contributed by atoms with Gasteiger partial charge in [0.05, 0.1) is 10.6 Å². The number of alkyl halides is 3. The number of methoxy groups -OCH3 is 1. The average molecular weight is 419 g/mol. The summed E-state index contributed by atoms with van der Waals surface area (Å²) >= 11 is 5.81. The zero-order valence-electron chi connectivity index (χ0n) is 14.4. The number of aliphatic imine (C=N–C) groups is 1. The summed E-state index contributed by atoms with van der Waals surface area (Å²) in [6.07, 6.45) is -3.93. The van der Waals surface area contributed by atoms with Crippen LogP contribution < -0.4 is 5.73 Å². The van der Waals surface area contributed by atoms with Crippen molar-refractivity contribution >= 4 is 29.4 Å². The van der Waals surface area contributed by atoms with Gasteiger partial charge in [-0.2, -0.15) is 13.2 Å². The molecule has 1 aromatic carbocycles. The zero-order valence-corrected chi connectivity index (χ0v) is 15.2. The first kappa shape index (κ1) is 21.6. The number of rotatable bonds is 5. The number of allylic oxidation sites excluding steroid dienone is 3. The van der Waals surface area contributed by atoms with Gasteiger partial charge >= 0.3 is 12.1 Å². The Morgan fingerprint density at radius 3 is 2.64 bits per heavy atom. The molecule has 0 fully saturated rings. The number of nitrogens with two attached hydrogens (primary N) is 1. The number of hydrogen-bond acceptors (Lipinski definition) is 4. The second kappa shape index (κ2) is 8.57. The van der Waals surface area contributed by atoms with Gasteiger partial charge in [-0.25, -0.2) is 9.18 Å². The van der Waals surface area contributed by atoms with Crippen molar-refractivity contribution in [2.45, 2.75) is 18.7 Å². The van der Waals surface area contributed by atoms with Crippen LogP contribution in [0.15, 0.2) is 52.6 Å². The minimum atomic E-state index is -4.68. The Morgan fingerprint density at radius 2 is 2.11 bits per heavy atom. The number of carboxylic acid groups (broad SMARTS) is 1. The molecule has 10 heteroatoms. The van der Waals surface area contributed by atoms with Crippen LogP contribution >= 0.6 is 11.6 Å². The minimum Gasteiger partial charge on any atom is -0.478 e. The van der Waals surface area contributed by atoms with Crippen molar-refractivity contribution in [3.05, 3.63) is 63.7 Å². The summed E-state index contributed by atoms with van der Waals surface area (Å²) in [5, 5.41) is 9.14. The Balaban J connectivity index is 2.40. The molecule has 0 saturated heterocycles. The number of nitrogens with zero attached hydrogens (tertiary/aromatic N) is 1. The number of carbonyl (C=O) groups is 1. The molecular formula is C18H15ClF4N2O3. The molecule has 1 unspecified atom stereocenters. The van der Waals surface area contributed by atoms with Crippen LogP contribution in [0.5, 0.6) is 0 Å². The number of ether oxygens (including phenoxy) is 1. The van der Waals surface area contributed by atoms with E-state index in [2.05, 4.69) is 4.99 Å². The van der Waals surface area contributed by atoms with E-state index in [4.69, 9.17) is 27.2 Å². The molecule has 0 heterocycles. The van der Waals surface area contributed by atoms with Crippen LogP contribution in [0.3, 0.4) is 0 Å². The van der Waals surface area contributed by atoms with Crippen molar-refractivity contribution in [3.8, 4) is 0 Å². The van der Waals surface area contributed by atoms with Gasteiger partial charge in [0.25, 0.3) is 0 Å². The van der Waals surface area contributed by atoms with Crippen LogP contribution in [0.2, 0.25) is 5.02 Å². The highest BCUT2D eigenvalue weighted by atomic mass is 35.5. The van der Waals surface area contributed by atoms with Gasteiger partial charge in [0.15, 0.2) is 0 Å². The van der Waals surface area contributed by atoms with Crippen LogP contribution in [0.25, 0.3) is 5.57 Å². The maximum atomic E-state index is 14.2. The largest absolute Gasteiger partial charge is 0.478 e. The van der Waals surface area contributed by atoms with E-state index in [-0.39, 0.29) is 21.9 Å². The first-order valence-corrected chi connectivity index (χ1v) is 8.15. The second-order valence-electron chi connectivity index (χ2n) is 5.71. The van der Waals surface area contributed by atoms with E-state index < -0.39 is 36.1 Å². The van der Waals surface area contributed by atoms with E-state index in [9.17, 15) is 22.4 Å². The van der Waals surface area contributed by atoms with E-state index in [1.807, 2.05) is 0 Å². The van der Waals surface area contributed by atoms with E-state index in [1.54, 1.807) is 0 Å². The third-order valence-electron chi connectivity index (χ3n) is 3.96. The molecule has 2 rings (SSSR count). The van der Waals surface area contributed by atoms with Gasteiger partial charge in [-0.15, -0.1) is 0 Å². The molecule has 1 aromatic rings. The van der Waals surface area contributed by atoms with Crippen molar-refractivity contribution in [2.75, 3.05) is 7.11 Å². The van der Waals surface area contributed by atoms with Crippen LogP contribution in [-0.2, 0) is 4.74 Å². The fourth-order valence-electron chi connectivity index (χ4n) is 2.49. The quantitative estimate of drug-likeness (QED) is 0.544. The van der Waals surface area contributed by atoms with Crippen molar-refractivity contribution in [1.29, 1.82) is 0 Å². The molecule has 0 bridgehead atoms. The molecule has 1 aliphatic rings. The summed E-state index contributed by atoms with van der Waals surface area (Å²) in [5.41, 5.74) is 4.49. The van der Waals surface area contributed by atoms with Crippen LogP contribution in [0, 0.1) is 0 Å². The van der Waals surface area contributed by atoms with Gasteiger partial charge < -0.3 is 15.6 Å². The van der Waals surface area contributed by atoms with Crippen molar-refractivity contribution in [3.63, 3.8) is 0 Å². The third-order valence-corrected chi connectivity index (χ3v) is 4.29. The minimum absolute atomic E-state index is 0.00913. The third kappa shape index (κ3) is 4.79. The molecule has 0 radical (unpaired) electrons. The highest BCUT2D eigenvalue weighted by Gasteiger charge is 2.39. The van der Waals surface area contributed by atoms with E-state index in [0.717, 1.165) is 19.5 Å². The summed E-state index contributed by atoms with van der Waals surface area (Å²) in [5.74, 6) is -2.44. The van der Waals surface area contributed by atoms with Crippen molar-refractivity contribution in [1.82, 2.24) is 0 Å². The summed E-state index contributed by atoms with van der Waals surface area (Å²) in [6, 6.07) is 4.06. The fourth-order valence-corrected chi connectivity index (χ4v) is 2.69. The molecule has 0 saturated carbocycles. The van der Waals surface area contributed by atoms with Gasteiger partial charge in [-0.05, 0) is 23.8 Å². The molecule has 3 N–H and O–H groups in total. The van der Waals surface area contributed by atoms with Gasteiger partial charge in [-0.1, -0.05) is 17.7 Å². The number of aromatic carboxylic acids is 1. The Morgan fingerprint density at radius 1 is 1.43 bits per heavy atom. The van der Waals surface area contributed by atoms with E-state index >= 15 is 0 Å². The smallest absolute Gasteiger partial charge is 0.412 e. The number of carboxylic acids is 1. The number of benzene rings is 1. The zero-order chi connectivity index (χ0) is 21.1. The van der Waals surface area contributed by atoms with Gasteiger partial charge in [0.2, 0.25) is 0 Å². The lowest BCUT2D eigenvalue weighted by atomic mass is 9.98. The van der Waals surface area contributed by atoms with Crippen molar-refractivity contribution in [2.24, 2.45) is 10.7 Å². The lowest BCUT2D eigenvalue weighted by Crippen LogP contribution is -2.24. The Labute approximate surface area is 162 Å². The van der Waals surface area contributed by atoms with Gasteiger partial charge in [0.1, 0.15) is 17.6 Å². The SMILES string of the molecule is COC1CC(C(F)(F)F)=CC(F)=C1N=CC(=CN)c1ccc(Cl)c(C(=O)O)c1. The van der Waals surface area contributed by atoms with E-state index in [0.29, 0.717) is 11.6 Å². The molecule has 150 valence electrons. The fraction of sp³-hybridized carbons (Fsp3) is 0.222. The molecule has 0 aliphatic heterocycles. The molecule has 0 amide bonds. The maximum absolute atomic E-state index is 14.2. The standard InChI is InChI=1S/C18H15ClF4N2O3/c1-28-15-6-11(18(21,22)23)5-14(20)16(15)25-8-10(7-24)9-2-3-13(19)12(4-9)17(26)27/h2-5,7-8,15H,6,24H2,1H3,(H,26,27). The Bertz CT molecular complexity index is 905. The summed E-state index contributed by atoms with van der Waals surface area (Å²) in [6.45, 7) is 0. The monoisotopic (exact) mass is 418 g/mol. The van der Waals surface area contributed by atoms with Gasteiger partial charge in [-0.3, -0.25) is 4.99 Å². The lowest BCUT2D eigenvalue weighted by molar-refractivity contribution is -0.0977. The highest BCUT2D eigenvalue weighted by molar-refractivity contribution is 6.33. The Hall–Kier alpha value is -2.65. The molecule has 0 spiro atoms. The summed E-state index contributed by atoms with van der Waals surface area (Å²) in [4.78, 5) is 15.1. The predicted molar refractivity (Wildman–Crippen MR) is 96.8 cm³/mol. The van der Waals surface area contributed by atoms with Crippen LogP contribution in [-0.4, -0.2) is 36.7 Å². The first-order chi connectivity index (χ1) is 13.1. The van der Waals surface area contributed by atoms with Crippen LogP contribution in [0.4, 0.5) is 17.6 Å². The average Bonchev–Trinajstić information content (AvgIpc) is 2.62. The summed E-state index contributed by atoms with van der Waals surface area (Å²) in [7, 11) is 1.14. The lowest BCUT2D eigenvalue weighted by Gasteiger charge is -2.23. The van der Waals surface area contributed by atoms with Crippen molar-refractivity contribution < 1.29 is 32.2 Å². The Kier molecular flexibility index (Phi) is 6.63. The summed E-state index contributed by atoms with van der Waals surface area (Å²) < 4.78 is 57.7. The second-order valence-corrected chi connectivity index (χ2v) is 6.12. The normalized spacial score (nSPS) is 18.6. The topological polar surface area (TPSA) is 84.9 Å². The number of hydrogen-bond donors (Lipinski definition) is 2. The molecular weight excluding hydrogens is 404 g/mol. The van der Waals surface area contributed by atoms with Crippen LogP contribution in [0.1, 0.15) is 22.3 Å². The molecule has 0 aromatic heterocycles. The molecule has 5 nitrogen and oxygen atoms in total. The highest BCUT2D eigenvalue weighted by Crippen LogP contribution is 2.37. The first-order valence-electron chi connectivity index (χ1n) is 7.77. The molecule has 28 heavy (non-hydrogen) atoms. The maximum Gasteiger partial charge on any atom is 0.412 e. The molecule has 1 aliphatic carbocycles. The van der Waals surface area contributed by atoms with E-state index in [1.165, 1.54) is 18.2 Å². The number of halogens is 5. The van der Waals surface area contributed by atoms with Gasteiger partial charge in [0, 0.05) is 37.1 Å². The predicted octanol–water partition coefficient (Wildman–Crippen LogP) is 4.50. The molecule has 1 atom stereocenters.